The van der Waals surface area contributed by atoms with Crippen LogP contribution < -0.4 is 20.9 Å². The van der Waals surface area contributed by atoms with Crippen LogP contribution in [0.15, 0.2) is 121 Å². The average Bonchev–Trinajstić information content (AvgIpc) is 2.88. The molecule has 0 aliphatic rings. The summed E-state index contributed by atoms with van der Waals surface area (Å²) in [5.74, 6) is 2.79. The number of hydrogen-bond donors (Lipinski definition) is 2. The van der Waals surface area contributed by atoms with Crippen LogP contribution in [0.3, 0.4) is 0 Å². The fourth-order valence-corrected chi connectivity index (χ4v) is 3.71. The first-order chi connectivity index (χ1) is 16.7. The van der Waals surface area contributed by atoms with Crippen molar-refractivity contribution in [2.45, 2.75) is 0 Å². The van der Waals surface area contributed by atoms with Crippen molar-refractivity contribution in [3.63, 3.8) is 0 Å². The summed E-state index contributed by atoms with van der Waals surface area (Å²) in [6, 6.07) is 39.4. The van der Waals surface area contributed by atoms with E-state index in [9.17, 15) is 0 Å². The van der Waals surface area contributed by atoms with Gasteiger partial charge in [0, 0.05) is 0 Å². The number of ether oxygens (including phenoxy) is 2. The van der Waals surface area contributed by atoms with E-state index in [2.05, 4.69) is 48.5 Å². The van der Waals surface area contributed by atoms with Crippen LogP contribution in [0.25, 0.3) is 22.3 Å². The molecule has 0 radical (unpaired) electrons. The van der Waals surface area contributed by atoms with Gasteiger partial charge in [0.05, 0.1) is 11.4 Å². The summed E-state index contributed by atoms with van der Waals surface area (Å²) in [6.07, 6.45) is 0. The third kappa shape index (κ3) is 4.71. The molecule has 0 unspecified atom stereocenters. The van der Waals surface area contributed by atoms with E-state index in [0.717, 1.165) is 33.8 Å². The lowest BCUT2D eigenvalue weighted by atomic mass is 9.99. The number of hydrogen-bond acceptors (Lipinski definition) is 4. The van der Waals surface area contributed by atoms with Crippen LogP contribution in [0.5, 0.6) is 23.0 Å². The van der Waals surface area contributed by atoms with E-state index in [1.54, 1.807) is 0 Å². The largest absolute Gasteiger partial charge is 0.455 e. The number of rotatable bonds is 6. The van der Waals surface area contributed by atoms with Gasteiger partial charge in [-0.1, -0.05) is 66.7 Å². The number of benzene rings is 5. The SMILES string of the molecule is Nc1ccccc1Oc1ccc(-c2cccc(-c3ccc(Oc4ccccc4N)cc3)c2)cc1. The molecule has 34 heavy (non-hydrogen) atoms. The maximum Gasteiger partial charge on any atom is 0.150 e. The topological polar surface area (TPSA) is 70.5 Å². The van der Waals surface area contributed by atoms with Gasteiger partial charge < -0.3 is 20.9 Å². The second-order valence-corrected chi connectivity index (χ2v) is 7.91. The number of nitrogen functional groups attached to an aromatic ring is 2. The van der Waals surface area contributed by atoms with Gasteiger partial charge in [0.1, 0.15) is 23.0 Å². The molecule has 0 heterocycles. The first kappa shape index (κ1) is 21.2. The molecule has 4 heteroatoms. The van der Waals surface area contributed by atoms with E-state index >= 15 is 0 Å². The van der Waals surface area contributed by atoms with E-state index in [1.807, 2.05) is 72.8 Å². The Bertz CT molecular complexity index is 1300. The molecule has 4 N–H and O–H groups in total. The Morgan fingerprint density at radius 1 is 0.382 bits per heavy atom. The Morgan fingerprint density at radius 2 is 0.794 bits per heavy atom. The normalized spacial score (nSPS) is 10.6. The Balaban J connectivity index is 1.32. The molecule has 0 spiro atoms. The summed E-state index contributed by atoms with van der Waals surface area (Å²) < 4.78 is 11.8. The molecule has 5 rings (SSSR count). The molecule has 0 fully saturated rings. The minimum Gasteiger partial charge on any atom is -0.455 e. The van der Waals surface area contributed by atoms with Crippen molar-refractivity contribution in [3.8, 4) is 45.3 Å². The van der Waals surface area contributed by atoms with Crippen molar-refractivity contribution < 1.29 is 9.47 Å². The van der Waals surface area contributed by atoms with E-state index in [1.165, 1.54) is 0 Å². The molecule has 0 aliphatic carbocycles. The average molecular weight is 445 g/mol. The molecule has 166 valence electrons. The molecule has 4 nitrogen and oxygen atoms in total. The second-order valence-electron chi connectivity index (χ2n) is 7.91. The molecule has 0 atom stereocenters. The number of nitrogens with two attached hydrogens (primary N) is 2. The highest BCUT2D eigenvalue weighted by atomic mass is 16.5. The predicted molar refractivity (Wildman–Crippen MR) is 139 cm³/mol. The lowest BCUT2D eigenvalue weighted by Gasteiger charge is -2.11. The van der Waals surface area contributed by atoms with Crippen LogP contribution in [0, 0.1) is 0 Å². The summed E-state index contributed by atoms with van der Waals surface area (Å²) in [4.78, 5) is 0. The third-order valence-electron chi connectivity index (χ3n) is 5.53. The quantitative estimate of drug-likeness (QED) is 0.262. The minimum atomic E-state index is 0.614. The highest BCUT2D eigenvalue weighted by molar-refractivity contribution is 5.73. The van der Waals surface area contributed by atoms with Gasteiger partial charge >= 0.3 is 0 Å². The summed E-state index contributed by atoms with van der Waals surface area (Å²) in [7, 11) is 0. The van der Waals surface area contributed by atoms with Gasteiger partial charge in [0.2, 0.25) is 0 Å². The monoisotopic (exact) mass is 444 g/mol. The van der Waals surface area contributed by atoms with E-state index in [4.69, 9.17) is 20.9 Å². The molecule has 0 bridgehead atoms. The van der Waals surface area contributed by atoms with Crippen LogP contribution in [0.4, 0.5) is 11.4 Å². The zero-order chi connectivity index (χ0) is 23.3. The highest BCUT2D eigenvalue weighted by Gasteiger charge is 2.06. The van der Waals surface area contributed by atoms with Crippen LogP contribution in [0.2, 0.25) is 0 Å². The molecule has 5 aromatic carbocycles. The van der Waals surface area contributed by atoms with Crippen molar-refractivity contribution in [1.29, 1.82) is 0 Å². The molecule has 0 aromatic heterocycles. The first-order valence-corrected chi connectivity index (χ1v) is 11.0. The summed E-state index contributed by atoms with van der Waals surface area (Å²) in [5, 5.41) is 0. The smallest absolute Gasteiger partial charge is 0.150 e. The van der Waals surface area contributed by atoms with Crippen molar-refractivity contribution in [2.24, 2.45) is 0 Å². The molecular weight excluding hydrogens is 420 g/mol. The molecule has 0 amide bonds. The van der Waals surface area contributed by atoms with Crippen LogP contribution in [0.1, 0.15) is 0 Å². The van der Waals surface area contributed by atoms with Gasteiger partial charge in [0.25, 0.3) is 0 Å². The zero-order valence-electron chi connectivity index (χ0n) is 18.5. The molecule has 0 saturated carbocycles. The standard InChI is InChI=1S/C30H24N2O2/c31-27-8-1-3-10-29(27)33-25-16-12-21(13-17-25)23-6-5-7-24(20-23)22-14-18-26(19-15-22)34-30-11-4-2-9-28(30)32/h1-20H,31-32H2. The van der Waals surface area contributed by atoms with E-state index in [-0.39, 0.29) is 0 Å². The number of para-hydroxylation sites is 4. The van der Waals surface area contributed by atoms with Gasteiger partial charge in [0.15, 0.2) is 0 Å². The molecule has 5 aromatic rings. The van der Waals surface area contributed by atoms with Gasteiger partial charge in [-0.05, 0) is 76.9 Å². The van der Waals surface area contributed by atoms with Crippen molar-refractivity contribution in [1.82, 2.24) is 0 Å². The molecular formula is C30H24N2O2. The fraction of sp³-hybridized carbons (Fsp3) is 0. The summed E-state index contributed by atoms with van der Waals surface area (Å²) >= 11 is 0. The zero-order valence-corrected chi connectivity index (χ0v) is 18.5. The third-order valence-corrected chi connectivity index (χ3v) is 5.53. The Morgan fingerprint density at radius 3 is 1.21 bits per heavy atom. The van der Waals surface area contributed by atoms with Crippen molar-refractivity contribution in [2.75, 3.05) is 11.5 Å². The van der Waals surface area contributed by atoms with Gasteiger partial charge in [-0.25, -0.2) is 0 Å². The van der Waals surface area contributed by atoms with Crippen molar-refractivity contribution >= 4 is 11.4 Å². The number of anilines is 2. The highest BCUT2D eigenvalue weighted by Crippen LogP contribution is 2.32. The molecule has 0 saturated heterocycles. The fourth-order valence-electron chi connectivity index (χ4n) is 3.71. The van der Waals surface area contributed by atoms with Gasteiger partial charge in [-0.2, -0.15) is 0 Å². The Kier molecular flexibility index (Phi) is 5.87. The maximum absolute atomic E-state index is 5.98. The van der Waals surface area contributed by atoms with Crippen LogP contribution in [-0.2, 0) is 0 Å². The van der Waals surface area contributed by atoms with Crippen LogP contribution >= 0.6 is 0 Å². The minimum absolute atomic E-state index is 0.614. The second kappa shape index (κ2) is 9.43. The lowest BCUT2D eigenvalue weighted by molar-refractivity contribution is 0.485. The van der Waals surface area contributed by atoms with Gasteiger partial charge in [-0.15, -0.1) is 0 Å². The Labute approximate surface area is 199 Å². The Hall–Kier alpha value is -4.70. The van der Waals surface area contributed by atoms with E-state index < -0.39 is 0 Å². The summed E-state index contributed by atoms with van der Waals surface area (Å²) in [6.45, 7) is 0. The predicted octanol–water partition coefficient (Wildman–Crippen LogP) is 7.77. The van der Waals surface area contributed by atoms with Crippen LogP contribution in [-0.4, -0.2) is 0 Å². The van der Waals surface area contributed by atoms with Gasteiger partial charge in [-0.3, -0.25) is 0 Å². The molecule has 0 aliphatic heterocycles. The lowest BCUT2D eigenvalue weighted by Crippen LogP contribution is -1.91. The summed E-state index contributed by atoms with van der Waals surface area (Å²) in [5.41, 5.74) is 17.6. The maximum atomic E-state index is 5.98. The van der Waals surface area contributed by atoms with E-state index in [0.29, 0.717) is 22.9 Å². The first-order valence-electron chi connectivity index (χ1n) is 11.0. The van der Waals surface area contributed by atoms with Crippen molar-refractivity contribution in [3.05, 3.63) is 121 Å².